The van der Waals surface area contributed by atoms with Gasteiger partial charge in [-0.1, -0.05) is 28.1 Å². The van der Waals surface area contributed by atoms with Crippen LogP contribution in [0.25, 0.3) is 0 Å². The first-order valence-corrected chi connectivity index (χ1v) is 5.07. The van der Waals surface area contributed by atoms with Gasteiger partial charge in [0, 0.05) is 4.47 Å². The summed E-state index contributed by atoms with van der Waals surface area (Å²) in [5.41, 5.74) is 0.318. The van der Waals surface area contributed by atoms with E-state index in [4.69, 9.17) is 11.6 Å². The zero-order valence-corrected chi connectivity index (χ0v) is 9.82. The lowest BCUT2D eigenvalue weighted by Crippen LogP contribution is -2.24. The molecule has 1 rings (SSSR count). The Bertz CT molecular complexity index is 316. The van der Waals surface area contributed by atoms with Gasteiger partial charge in [0.1, 0.15) is 0 Å². The Hall–Kier alpha value is -0.340. The first kappa shape index (κ1) is 10.7. The van der Waals surface area contributed by atoms with Gasteiger partial charge in [0.15, 0.2) is 0 Å². The molecular formula is C10H10BrClO. The Morgan fingerprint density at radius 2 is 1.77 bits per heavy atom. The van der Waals surface area contributed by atoms with Gasteiger partial charge in [-0.05, 0) is 43.1 Å². The highest BCUT2D eigenvalue weighted by molar-refractivity contribution is 9.10. The molecule has 0 bridgehead atoms. The summed E-state index contributed by atoms with van der Waals surface area (Å²) in [6.07, 6.45) is 0. The van der Waals surface area contributed by atoms with Gasteiger partial charge in [0.2, 0.25) is 5.24 Å². The minimum atomic E-state index is -0.609. The molecule has 1 aromatic rings. The molecule has 0 saturated heterocycles. The van der Waals surface area contributed by atoms with Crippen molar-refractivity contribution in [2.45, 2.75) is 19.3 Å². The van der Waals surface area contributed by atoms with Crippen LogP contribution in [0.5, 0.6) is 0 Å². The summed E-state index contributed by atoms with van der Waals surface area (Å²) in [5.74, 6) is 0. The van der Waals surface area contributed by atoms with Crippen molar-refractivity contribution in [2.24, 2.45) is 0 Å². The van der Waals surface area contributed by atoms with Gasteiger partial charge in [-0.3, -0.25) is 4.79 Å². The lowest BCUT2D eigenvalue weighted by Gasteiger charge is -2.19. The maximum Gasteiger partial charge on any atom is 0.231 e. The SMILES string of the molecule is CC(C)(C(=O)Cl)c1ccc(Br)cc1. The van der Waals surface area contributed by atoms with E-state index in [-0.39, 0.29) is 5.24 Å². The summed E-state index contributed by atoms with van der Waals surface area (Å²) in [4.78, 5) is 11.1. The molecule has 0 aromatic heterocycles. The fourth-order valence-electron chi connectivity index (χ4n) is 0.980. The Labute approximate surface area is 91.2 Å². The topological polar surface area (TPSA) is 17.1 Å². The normalized spacial score (nSPS) is 11.4. The van der Waals surface area contributed by atoms with E-state index in [1.807, 2.05) is 38.1 Å². The molecule has 0 fully saturated rings. The molecule has 0 atom stereocenters. The molecule has 1 nitrogen and oxygen atoms in total. The third-order valence-electron chi connectivity index (χ3n) is 2.06. The van der Waals surface area contributed by atoms with Gasteiger partial charge >= 0.3 is 0 Å². The first-order chi connectivity index (χ1) is 5.94. The van der Waals surface area contributed by atoms with Gasteiger partial charge in [-0.2, -0.15) is 0 Å². The van der Waals surface area contributed by atoms with Crippen LogP contribution in [-0.4, -0.2) is 5.24 Å². The smallest absolute Gasteiger partial charge is 0.231 e. The van der Waals surface area contributed by atoms with Crippen LogP contribution in [0.4, 0.5) is 0 Å². The monoisotopic (exact) mass is 260 g/mol. The largest absolute Gasteiger partial charge is 0.280 e. The highest BCUT2D eigenvalue weighted by Gasteiger charge is 2.27. The number of hydrogen-bond acceptors (Lipinski definition) is 1. The molecule has 13 heavy (non-hydrogen) atoms. The summed E-state index contributed by atoms with van der Waals surface area (Å²) >= 11 is 8.82. The Kier molecular flexibility index (Phi) is 3.14. The number of benzene rings is 1. The maximum absolute atomic E-state index is 11.1. The lowest BCUT2D eigenvalue weighted by molar-refractivity contribution is -0.115. The van der Waals surface area contributed by atoms with Crippen LogP contribution in [0.3, 0.4) is 0 Å². The standard InChI is InChI=1S/C10H10BrClO/c1-10(2,9(12)13)7-3-5-8(11)6-4-7/h3-6H,1-2H3. The first-order valence-electron chi connectivity index (χ1n) is 3.90. The fraction of sp³-hybridized carbons (Fsp3) is 0.300. The summed E-state index contributed by atoms with van der Waals surface area (Å²) in [5, 5.41) is -0.338. The van der Waals surface area contributed by atoms with Gasteiger partial charge in [0.25, 0.3) is 0 Å². The van der Waals surface area contributed by atoms with Gasteiger partial charge in [-0.15, -0.1) is 0 Å². The van der Waals surface area contributed by atoms with Crippen molar-refractivity contribution in [3.8, 4) is 0 Å². The molecule has 0 aliphatic heterocycles. The number of halogens is 2. The minimum Gasteiger partial charge on any atom is -0.280 e. The molecule has 0 saturated carbocycles. The zero-order chi connectivity index (χ0) is 10.1. The quantitative estimate of drug-likeness (QED) is 0.745. The van der Waals surface area contributed by atoms with E-state index in [1.54, 1.807) is 0 Å². The van der Waals surface area contributed by atoms with Gasteiger partial charge in [0.05, 0.1) is 5.41 Å². The molecule has 0 unspecified atom stereocenters. The third kappa shape index (κ3) is 2.32. The Morgan fingerprint density at radius 1 is 1.31 bits per heavy atom. The van der Waals surface area contributed by atoms with Crippen molar-refractivity contribution < 1.29 is 4.79 Å². The van der Waals surface area contributed by atoms with Crippen LogP contribution in [-0.2, 0) is 10.2 Å². The molecule has 1 aromatic carbocycles. The Balaban J connectivity index is 3.08. The molecule has 0 N–H and O–H groups in total. The maximum atomic E-state index is 11.1. The second-order valence-corrected chi connectivity index (χ2v) is 4.66. The van der Waals surface area contributed by atoms with Crippen molar-refractivity contribution >= 4 is 32.8 Å². The average Bonchev–Trinajstić information content (AvgIpc) is 2.04. The van der Waals surface area contributed by atoms with Crippen LogP contribution in [0.15, 0.2) is 28.7 Å². The molecule has 0 heterocycles. The fourth-order valence-corrected chi connectivity index (χ4v) is 1.35. The molecule has 0 amide bonds. The van der Waals surface area contributed by atoms with Crippen molar-refractivity contribution in [1.29, 1.82) is 0 Å². The average molecular weight is 262 g/mol. The highest BCUT2D eigenvalue weighted by atomic mass is 79.9. The molecular weight excluding hydrogens is 251 g/mol. The van der Waals surface area contributed by atoms with Crippen LogP contribution in [0, 0.1) is 0 Å². The highest BCUT2D eigenvalue weighted by Crippen LogP contribution is 2.26. The van der Waals surface area contributed by atoms with E-state index in [1.165, 1.54) is 0 Å². The summed E-state index contributed by atoms with van der Waals surface area (Å²) < 4.78 is 0.995. The van der Waals surface area contributed by atoms with Crippen LogP contribution in [0.2, 0.25) is 0 Å². The predicted octanol–water partition coefficient (Wildman–Crippen LogP) is 3.49. The number of hydrogen-bond donors (Lipinski definition) is 0. The van der Waals surface area contributed by atoms with Gasteiger partial charge < -0.3 is 0 Å². The number of rotatable bonds is 2. The number of carbonyl (C=O) groups excluding carboxylic acids is 1. The second-order valence-electron chi connectivity index (χ2n) is 3.41. The van der Waals surface area contributed by atoms with Crippen molar-refractivity contribution in [3.05, 3.63) is 34.3 Å². The molecule has 0 radical (unpaired) electrons. The minimum absolute atomic E-state index is 0.338. The summed E-state index contributed by atoms with van der Waals surface area (Å²) in [6, 6.07) is 7.59. The summed E-state index contributed by atoms with van der Waals surface area (Å²) in [7, 11) is 0. The lowest BCUT2D eigenvalue weighted by atomic mass is 9.86. The second kappa shape index (κ2) is 3.81. The van der Waals surface area contributed by atoms with E-state index < -0.39 is 5.41 Å². The molecule has 70 valence electrons. The summed E-state index contributed by atoms with van der Waals surface area (Å²) in [6.45, 7) is 3.62. The van der Waals surface area contributed by atoms with E-state index in [0.717, 1.165) is 10.0 Å². The van der Waals surface area contributed by atoms with Crippen molar-refractivity contribution in [2.75, 3.05) is 0 Å². The molecule has 0 aliphatic carbocycles. The van der Waals surface area contributed by atoms with Crippen LogP contribution < -0.4 is 0 Å². The van der Waals surface area contributed by atoms with Crippen molar-refractivity contribution in [3.63, 3.8) is 0 Å². The van der Waals surface area contributed by atoms with Crippen LogP contribution in [0.1, 0.15) is 19.4 Å². The number of carbonyl (C=O) groups is 1. The zero-order valence-electron chi connectivity index (χ0n) is 7.47. The van der Waals surface area contributed by atoms with E-state index in [2.05, 4.69) is 15.9 Å². The van der Waals surface area contributed by atoms with E-state index in [9.17, 15) is 4.79 Å². The van der Waals surface area contributed by atoms with Crippen molar-refractivity contribution in [1.82, 2.24) is 0 Å². The molecule has 0 aliphatic rings. The van der Waals surface area contributed by atoms with Gasteiger partial charge in [-0.25, -0.2) is 0 Å². The van der Waals surface area contributed by atoms with E-state index >= 15 is 0 Å². The van der Waals surface area contributed by atoms with E-state index in [0.29, 0.717) is 0 Å². The third-order valence-corrected chi connectivity index (χ3v) is 3.06. The molecule has 3 heteroatoms. The molecule has 0 spiro atoms. The van der Waals surface area contributed by atoms with Crippen LogP contribution >= 0.6 is 27.5 Å². The Morgan fingerprint density at radius 3 is 2.15 bits per heavy atom. The predicted molar refractivity (Wildman–Crippen MR) is 58.0 cm³/mol.